The van der Waals surface area contributed by atoms with Gasteiger partial charge in [0.15, 0.2) is 0 Å². The molecule has 1 aromatic heterocycles. The van der Waals surface area contributed by atoms with Gasteiger partial charge in [0.25, 0.3) is 0 Å². The first-order chi connectivity index (χ1) is 6.29. The number of aryl methyl sites for hydroxylation is 1. The Morgan fingerprint density at radius 2 is 2.07 bits per heavy atom. The van der Waals surface area contributed by atoms with Crippen LogP contribution in [0, 0.1) is 5.41 Å². The summed E-state index contributed by atoms with van der Waals surface area (Å²) in [5, 5.41) is 8.86. The van der Waals surface area contributed by atoms with Gasteiger partial charge in [0.1, 0.15) is 5.69 Å². The minimum atomic E-state index is -0.868. The zero-order valence-corrected chi connectivity index (χ0v) is 9.16. The minimum absolute atomic E-state index is 0.192. The smallest absolute Gasteiger partial charge is 0.352 e. The van der Waals surface area contributed by atoms with Gasteiger partial charge in [0, 0.05) is 13.2 Å². The molecule has 1 aromatic rings. The van der Waals surface area contributed by atoms with E-state index in [2.05, 4.69) is 20.8 Å². The molecule has 0 aliphatic carbocycles. The second kappa shape index (κ2) is 3.48. The van der Waals surface area contributed by atoms with Crippen molar-refractivity contribution in [1.29, 1.82) is 0 Å². The number of hydrogen-bond acceptors (Lipinski definition) is 1. The lowest BCUT2D eigenvalue weighted by atomic mass is 9.89. The number of rotatable bonds is 2. The standard InChI is InChI=1S/C11H17NO2/c1-11(2,3)6-8-5-9(10(13)14)12(4)7-8/h5,7H,6H2,1-4H3,(H,13,14). The predicted octanol–water partition coefficient (Wildman–Crippen LogP) is 2.31. The third-order valence-corrected chi connectivity index (χ3v) is 2.02. The highest BCUT2D eigenvalue weighted by Crippen LogP contribution is 2.21. The van der Waals surface area contributed by atoms with Crippen molar-refractivity contribution in [1.82, 2.24) is 4.57 Å². The van der Waals surface area contributed by atoms with Gasteiger partial charge in [-0.05, 0) is 23.5 Å². The molecule has 3 heteroatoms. The molecule has 1 N–H and O–H groups in total. The lowest BCUT2D eigenvalue weighted by molar-refractivity contribution is 0.0686. The summed E-state index contributed by atoms with van der Waals surface area (Å²) in [6, 6.07) is 1.74. The summed E-state index contributed by atoms with van der Waals surface area (Å²) in [7, 11) is 1.76. The fourth-order valence-electron chi connectivity index (χ4n) is 1.55. The predicted molar refractivity (Wildman–Crippen MR) is 55.5 cm³/mol. The number of carbonyl (C=O) groups is 1. The molecule has 14 heavy (non-hydrogen) atoms. The largest absolute Gasteiger partial charge is 0.477 e. The van der Waals surface area contributed by atoms with Crippen LogP contribution < -0.4 is 0 Å². The molecule has 0 aliphatic rings. The Labute approximate surface area is 84.4 Å². The van der Waals surface area contributed by atoms with Crippen LogP contribution in [0.1, 0.15) is 36.8 Å². The van der Waals surface area contributed by atoms with Crippen molar-refractivity contribution in [3.05, 3.63) is 23.5 Å². The van der Waals surface area contributed by atoms with Gasteiger partial charge in [0.05, 0.1) is 0 Å². The first-order valence-corrected chi connectivity index (χ1v) is 4.68. The van der Waals surface area contributed by atoms with Gasteiger partial charge in [-0.1, -0.05) is 20.8 Å². The minimum Gasteiger partial charge on any atom is -0.477 e. The molecular formula is C11H17NO2. The molecule has 0 saturated heterocycles. The van der Waals surface area contributed by atoms with Gasteiger partial charge in [-0.15, -0.1) is 0 Å². The number of carboxylic acid groups (broad SMARTS) is 1. The maximum Gasteiger partial charge on any atom is 0.352 e. The van der Waals surface area contributed by atoms with Crippen molar-refractivity contribution in [3.8, 4) is 0 Å². The van der Waals surface area contributed by atoms with Crippen LogP contribution >= 0.6 is 0 Å². The van der Waals surface area contributed by atoms with Gasteiger partial charge in [-0.25, -0.2) is 4.79 Å². The van der Waals surface area contributed by atoms with Crippen LogP contribution in [0.4, 0.5) is 0 Å². The Balaban J connectivity index is 2.92. The van der Waals surface area contributed by atoms with Gasteiger partial charge in [-0.2, -0.15) is 0 Å². The number of hydrogen-bond donors (Lipinski definition) is 1. The molecule has 0 atom stereocenters. The van der Waals surface area contributed by atoms with E-state index >= 15 is 0 Å². The Kier molecular flexibility index (Phi) is 2.69. The summed E-state index contributed by atoms with van der Waals surface area (Å²) < 4.78 is 1.66. The first kappa shape index (κ1) is 10.8. The van der Waals surface area contributed by atoms with Crippen molar-refractivity contribution in [3.63, 3.8) is 0 Å². The molecule has 78 valence electrons. The zero-order valence-electron chi connectivity index (χ0n) is 9.16. The van der Waals surface area contributed by atoms with Gasteiger partial charge in [0.2, 0.25) is 0 Å². The van der Waals surface area contributed by atoms with Crippen molar-refractivity contribution >= 4 is 5.97 Å². The summed E-state index contributed by atoms with van der Waals surface area (Å²) in [6.45, 7) is 6.42. The second-order valence-electron chi connectivity index (χ2n) is 4.89. The second-order valence-corrected chi connectivity index (χ2v) is 4.89. The van der Waals surface area contributed by atoms with E-state index in [-0.39, 0.29) is 5.41 Å². The third kappa shape index (κ3) is 2.62. The Morgan fingerprint density at radius 1 is 1.50 bits per heavy atom. The highest BCUT2D eigenvalue weighted by Gasteiger charge is 2.15. The quantitative estimate of drug-likeness (QED) is 0.786. The maximum absolute atomic E-state index is 10.8. The van der Waals surface area contributed by atoms with E-state index in [4.69, 9.17) is 5.11 Å². The van der Waals surface area contributed by atoms with E-state index in [0.717, 1.165) is 12.0 Å². The van der Waals surface area contributed by atoms with Crippen LogP contribution in [0.25, 0.3) is 0 Å². The molecule has 0 aromatic carbocycles. The summed E-state index contributed by atoms with van der Waals surface area (Å²) >= 11 is 0. The number of aromatic nitrogens is 1. The number of aromatic carboxylic acids is 1. The molecule has 0 bridgehead atoms. The van der Waals surface area contributed by atoms with Gasteiger partial charge >= 0.3 is 5.97 Å². The molecule has 0 spiro atoms. The summed E-state index contributed by atoms with van der Waals surface area (Å²) in [6.07, 6.45) is 2.78. The molecule has 0 unspecified atom stereocenters. The number of nitrogens with zero attached hydrogens (tertiary/aromatic N) is 1. The van der Waals surface area contributed by atoms with E-state index in [9.17, 15) is 4.79 Å². The van der Waals surface area contributed by atoms with Crippen molar-refractivity contribution in [2.45, 2.75) is 27.2 Å². The first-order valence-electron chi connectivity index (χ1n) is 4.68. The molecule has 0 radical (unpaired) electrons. The van der Waals surface area contributed by atoms with Gasteiger partial charge < -0.3 is 9.67 Å². The van der Waals surface area contributed by atoms with Crippen molar-refractivity contribution in [2.75, 3.05) is 0 Å². The van der Waals surface area contributed by atoms with Crippen LogP contribution in [-0.4, -0.2) is 15.6 Å². The molecule has 0 fully saturated rings. The average Bonchev–Trinajstić information content (AvgIpc) is 2.26. The van der Waals surface area contributed by atoms with Gasteiger partial charge in [-0.3, -0.25) is 0 Å². The fraction of sp³-hybridized carbons (Fsp3) is 0.545. The lowest BCUT2D eigenvalue weighted by Crippen LogP contribution is -2.08. The van der Waals surface area contributed by atoms with E-state index < -0.39 is 5.97 Å². The summed E-state index contributed by atoms with van der Waals surface area (Å²) in [5.74, 6) is -0.868. The number of carboxylic acids is 1. The third-order valence-electron chi connectivity index (χ3n) is 2.02. The Morgan fingerprint density at radius 3 is 2.43 bits per heavy atom. The maximum atomic E-state index is 10.8. The van der Waals surface area contributed by atoms with E-state index in [1.54, 1.807) is 17.7 Å². The van der Waals surface area contributed by atoms with Crippen LogP contribution in [0.2, 0.25) is 0 Å². The topological polar surface area (TPSA) is 42.2 Å². The highest BCUT2D eigenvalue weighted by atomic mass is 16.4. The van der Waals surface area contributed by atoms with E-state index in [0.29, 0.717) is 5.69 Å². The van der Waals surface area contributed by atoms with Crippen LogP contribution in [-0.2, 0) is 13.5 Å². The van der Waals surface area contributed by atoms with E-state index in [1.807, 2.05) is 6.20 Å². The Bertz CT molecular complexity index is 345. The van der Waals surface area contributed by atoms with Crippen LogP contribution in [0.3, 0.4) is 0 Å². The zero-order chi connectivity index (χ0) is 10.9. The molecule has 0 saturated carbocycles. The van der Waals surface area contributed by atoms with Crippen molar-refractivity contribution in [2.24, 2.45) is 12.5 Å². The Hall–Kier alpha value is -1.25. The molecule has 1 heterocycles. The van der Waals surface area contributed by atoms with Crippen molar-refractivity contribution < 1.29 is 9.90 Å². The van der Waals surface area contributed by atoms with E-state index in [1.165, 1.54) is 0 Å². The fourth-order valence-corrected chi connectivity index (χ4v) is 1.55. The normalized spacial score (nSPS) is 11.7. The molecular weight excluding hydrogens is 178 g/mol. The molecule has 3 nitrogen and oxygen atoms in total. The average molecular weight is 195 g/mol. The molecule has 0 amide bonds. The molecule has 0 aliphatic heterocycles. The summed E-state index contributed by atoms with van der Waals surface area (Å²) in [5.41, 5.74) is 1.62. The summed E-state index contributed by atoms with van der Waals surface area (Å²) in [4.78, 5) is 10.8. The monoisotopic (exact) mass is 195 g/mol. The highest BCUT2D eigenvalue weighted by molar-refractivity contribution is 5.86. The molecule has 1 rings (SSSR count). The van der Waals surface area contributed by atoms with Crippen LogP contribution in [0.5, 0.6) is 0 Å². The lowest BCUT2D eigenvalue weighted by Gasteiger charge is -2.16. The SMILES string of the molecule is Cn1cc(CC(C)(C)C)cc1C(=O)O. The van der Waals surface area contributed by atoms with Crippen LogP contribution in [0.15, 0.2) is 12.3 Å².